The van der Waals surface area contributed by atoms with Crippen molar-refractivity contribution in [3.05, 3.63) is 86.5 Å². The lowest BCUT2D eigenvalue weighted by Gasteiger charge is -2.13. The monoisotopic (exact) mass is 479 g/mol. The summed E-state index contributed by atoms with van der Waals surface area (Å²) < 4.78 is 6.93. The normalized spacial score (nSPS) is 15.8. The summed E-state index contributed by atoms with van der Waals surface area (Å²) in [5.74, 6) is -0.612. The van der Waals surface area contributed by atoms with Crippen LogP contribution < -0.4 is 5.32 Å². The van der Waals surface area contributed by atoms with Gasteiger partial charge in [0.05, 0.1) is 29.0 Å². The minimum Gasteiger partial charge on any atom is -0.465 e. The van der Waals surface area contributed by atoms with Gasteiger partial charge in [0.15, 0.2) is 5.17 Å². The fraction of sp³-hybridized carbons (Fsp3) is 0.160. The van der Waals surface area contributed by atoms with E-state index in [2.05, 4.69) is 10.3 Å². The van der Waals surface area contributed by atoms with Crippen LogP contribution in [0.5, 0.6) is 0 Å². The highest BCUT2D eigenvalue weighted by molar-refractivity contribution is 8.18. The van der Waals surface area contributed by atoms with Gasteiger partial charge in [0.2, 0.25) is 0 Å². The lowest BCUT2D eigenvalue weighted by Crippen LogP contribution is -2.19. The molecule has 33 heavy (non-hydrogen) atoms. The summed E-state index contributed by atoms with van der Waals surface area (Å²) in [6.07, 6.45) is 1.84. The third-order valence-electron chi connectivity index (χ3n) is 5.42. The van der Waals surface area contributed by atoms with Gasteiger partial charge in [0.25, 0.3) is 5.91 Å². The SMILES string of the molecule is COC(=O)c1ccccc1-n1c(C)cc(/C=C2/SC(=Nc3cccc(Cl)c3C)NC2=O)c1C. The molecule has 1 saturated heterocycles. The Morgan fingerprint density at radius 1 is 1.15 bits per heavy atom. The zero-order valence-corrected chi connectivity index (χ0v) is 20.2. The molecule has 0 radical (unpaired) electrons. The van der Waals surface area contributed by atoms with Gasteiger partial charge in [-0.25, -0.2) is 9.79 Å². The van der Waals surface area contributed by atoms with Crippen LogP contribution in [0.1, 0.15) is 32.9 Å². The average molecular weight is 480 g/mol. The third kappa shape index (κ3) is 4.47. The fourth-order valence-electron chi connectivity index (χ4n) is 3.70. The molecule has 3 aromatic rings. The van der Waals surface area contributed by atoms with E-state index < -0.39 is 5.97 Å². The Morgan fingerprint density at radius 3 is 2.67 bits per heavy atom. The molecule has 0 unspecified atom stereocenters. The second-order valence-electron chi connectivity index (χ2n) is 7.54. The van der Waals surface area contributed by atoms with Gasteiger partial charge in [-0.3, -0.25) is 4.79 Å². The van der Waals surface area contributed by atoms with Crippen LogP contribution in [-0.4, -0.2) is 28.7 Å². The van der Waals surface area contributed by atoms with Crippen LogP contribution in [0.2, 0.25) is 5.02 Å². The third-order valence-corrected chi connectivity index (χ3v) is 6.74. The number of thioether (sulfide) groups is 1. The first-order chi connectivity index (χ1) is 15.8. The number of para-hydroxylation sites is 1. The average Bonchev–Trinajstić information content (AvgIpc) is 3.28. The molecule has 1 aliphatic heterocycles. The minimum absolute atomic E-state index is 0.210. The number of benzene rings is 2. The number of aromatic nitrogens is 1. The number of carbonyl (C=O) groups excluding carboxylic acids is 2. The summed E-state index contributed by atoms with van der Waals surface area (Å²) in [5.41, 5.74) is 5.48. The summed E-state index contributed by atoms with van der Waals surface area (Å²) >= 11 is 7.46. The predicted molar refractivity (Wildman–Crippen MR) is 134 cm³/mol. The number of ether oxygens (including phenoxy) is 1. The highest BCUT2D eigenvalue weighted by Gasteiger charge is 2.25. The van der Waals surface area contributed by atoms with E-state index in [1.165, 1.54) is 18.9 Å². The number of amides is 1. The van der Waals surface area contributed by atoms with E-state index in [1.54, 1.807) is 18.2 Å². The predicted octanol–water partition coefficient (Wildman–Crippen LogP) is 5.73. The summed E-state index contributed by atoms with van der Waals surface area (Å²) in [6.45, 7) is 5.80. The molecule has 0 spiro atoms. The molecule has 0 aliphatic carbocycles. The van der Waals surface area contributed by atoms with Crippen molar-refractivity contribution >= 4 is 52.2 Å². The number of amidine groups is 1. The molecule has 2 aromatic carbocycles. The lowest BCUT2D eigenvalue weighted by atomic mass is 10.1. The molecule has 8 heteroatoms. The number of hydrogen-bond acceptors (Lipinski definition) is 5. The Bertz CT molecular complexity index is 1340. The fourth-order valence-corrected chi connectivity index (χ4v) is 4.70. The standard InChI is InChI=1S/C25H22ClN3O3S/c1-14-12-17(16(3)29(14)21-11-6-5-8-18(21)24(31)32-4)13-22-23(30)28-25(33-22)27-20-10-7-9-19(26)15(20)2/h5-13H,1-4H3,(H,27,28,30)/b22-13+. The molecule has 168 valence electrons. The number of methoxy groups -OCH3 is 1. The van der Waals surface area contributed by atoms with Crippen LogP contribution in [-0.2, 0) is 9.53 Å². The quantitative estimate of drug-likeness (QED) is 0.383. The van der Waals surface area contributed by atoms with Gasteiger partial charge in [-0.1, -0.05) is 29.8 Å². The van der Waals surface area contributed by atoms with Crippen molar-refractivity contribution in [2.75, 3.05) is 7.11 Å². The molecule has 1 aliphatic rings. The van der Waals surface area contributed by atoms with E-state index in [9.17, 15) is 9.59 Å². The molecule has 0 atom stereocenters. The number of carbonyl (C=O) groups is 2. The topological polar surface area (TPSA) is 72.7 Å². The molecule has 0 saturated carbocycles. The number of hydrogen-bond donors (Lipinski definition) is 1. The van der Waals surface area contributed by atoms with Crippen molar-refractivity contribution in [2.24, 2.45) is 4.99 Å². The van der Waals surface area contributed by atoms with Crippen LogP contribution in [0.25, 0.3) is 11.8 Å². The Hall–Kier alpha value is -3.29. The van der Waals surface area contributed by atoms with Crippen molar-refractivity contribution in [1.82, 2.24) is 9.88 Å². The van der Waals surface area contributed by atoms with Gasteiger partial charge < -0.3 is 14.6 Å². The molecular weight excluding hydrogens is 458 g/mol. The molecular formula is C25H22ClN3O3S. The number of nitrogens with one attached hydrogen (secondary N) is 1. The Labute approximate surface area is 201 Å². The number of aliphatic imine (C=N–C) groups is 1. The van der Waals surface area contributed by atoms with E-state index in [4.69, 9.17) is 16.3 Å². The van der Waals surface area contributed by atoms with E-state index in [0.29, 0.717) is 26.3 Å². The van der Waals surface area contributed by atoms with Gasteiger partial charge in [-0.15, -0.1) is 0 Å². The minimum atomic E-state index is -0.402. The van der Waals surface area contributed by atoms with E-state index >= 15 is 0 Å². The maximum Gasteiger partial charge on any atom is 0.339 e. The number of esters is 1. The van der Waals surface area contributed by atoms with E-state index in [1.807, 2.05) is 61.7 Å². The van der Waals surface area contributed by atoms with Gasteiger partial charge in [-0.2, -0.15) is 0 Å². The number of halogens is 1. The molecule has 2 heterocycles. The summed E-state index contributed by atoms with van der Waals surface area (Å²) in [5, 5.41) is 3.95. The Morgan fingerprint density at radius 2 is 1.91 bits per heavy atom. The number of nitrogens with zero attached hydrogens (tertiary/aromatic N) is 2. The molecule has 6 nitrogen and oxygen atoms in total. The maximum atomic E-state index is 12.6. The number of aryl methyl sites for hydroxylation is 1. The van der Waals surface area contributed by atoms with Crippen molar-refractivity contribution in [3.8, 4) is 5.69 Å². The highest BCUT2D eigenvalue weighted by atomic mass is 35.5. The first kappa shape index (κ1) is 22.9. The van der Waals surface area contributed by atoms with E-state index in [0.717, 1.165) is 28.2 Å². The molecule has 0 bridgehead atoms. The number of rotatable bonds is 4. The van der Waals surface area contributed by atoms with Crippen LogP contribution in [0.15, 0.2) is 58.4 Å². The highest BCUT2D eigenvalue weighted by Crippen LogP contribution is 2.33. The van der Waals surface area contributed by atoms with Crippen molar-refractivity contribution in [1.29, 1.82) is 0 Å². The Kier molecular flexibility index (Phi) is 6.44. The zero-order chi connectivity index (χ0) is 23.7. The maximum absolute atomic E-state index is 12.6. The summed E-state index contributed by atoms with van der Waals surface area (Å²) in [7, 11) is 1.37. The van der Waals surface area contributed by atoms with Gasteiger partial charge in [0.1, 0.15) is 0 Å². The smallest absolute Gasteiger partial charge is 0.339 e. The van der Waals surface area contributed by atoms with Crippen LogP contribution >= 0.6 is 23.4 Å². The first-order valence-electron chi connectivity index (χ1n) is 10.2. The summed E-state index contributed by atoms with van der Waals surface area (Å²) in [6, 6.07) is 14.8. The van der Waals surface area contributed by atoms with Crippen LogP contribution in [0.4, 0.5) is 5.69 Å². The van der Waals surface area contributed by atoms with Crippen molar-refractivity contribution in [3.63, 3.8) is 0 Å². The Balaban J connectivity index is 1.69. The second kappa shape index (κ2) is 9.29. The van der Waals surface area contributed by atoms with Gasteiger partial charge >= 0.3 is 5.97 Å². The van der Waals surface area contributed by atoms with Crippen LogP contribution in [0.3, 0.4) is 0 Å². The van der Waals surface area contributed by atoms with Crippen molar-refractivity contribution in [2.45, 2.75) is 20.8 Å². The lowest BCUT2D eigenvalue weighted by molar-refractivity contribution is -0.115. The molecule has 4 rings (SSSR count). The first-order valence-corrected chi connectivity index (χ1v) is 11.4. The largest absolute Gasteiger partial charge is 0.465 e. The zero-order valence-electron chi connectivity index (χ0n) is 18.6. The molecule has 1 aromatic heterocycles. The van der Waals surface area contributed by atoms with E-state index in [-0.39, 0.29) is 5.91 Å². The van der Waals surface area contributed by atoms with Crippen molar-refractivity contribution < 1.29 is 14.3 Å². The van der Waals surface area contributed by atoms with Gasteiger partial charge in [-0.05, 0) is 80.1 Å². The molecule has 1 fully saturated rings. The molecule has 1 N–H and O–H groups in total. The molecule has 1 amide bonds. The summed E-state index contributed by atoms with van der Waals surface area (Å²) in [4.78, 5) is 30.0. The second-order valence-corrected chi connectivity index (χ2v) is 8.97. The van der Waals surface area contributed by atoms with Gasteiger partial charge in [0, 0.05) is 16.4 Å². The van der Waals surface area contributed by atoms with Crippen LogP contribution in [0, 0.1) is 20.8 Å².